The van der Waals surface area contributed by atoms with Gasteiger partial charge in [-0.2, -0.15) is 0 Å². The molecule has 1 fully saturated rings. The smallest absolute Gasteiger partial charge is 0.223 e. The van der Waals surface area contributed by atoms with Crippen molar-refractivity contribution in [2.75, 3.05) is 6.61 Å². The lowest BCUT2D eigenvalue weighted by Gasteiger charge is -2.21. The first kappa shape index (κ1) is 12.2. The monoisotopic (exact) mass is 237 g/mol. The lowest BCUT2D eigenvalue weighted by molar-refractivity contribution is -0.132. The summed E-state index contributed by atoms with van der Waals surface area (Å²) in [6.45, 7) is 0.741. The summed E-state index contributed by atoms with van der Waals surface area (Å²) in [4.78, 5) is 13.9. The second kappa shape index (κ2) is 5.87. The van der Waals surface area contributed by atoms with E-state index in [-0.39, 0.29) is 12.5 Å². The average Bonchev–Trinajstić information content (AvgIpc) is 3.03. The van der Waals surface area contributed by atoms with Crippen molar-refractivity contribution in [1.82, 2.24) is 4.90 Å². The first-order valence-corrected chi connectivity index (χ1v) is 6.24. The largest absolute Gasteiger partial charge is 0.467 e. The van der Waals surface area contributed by atoms with E-state index >= 15 is 0 Å². The van der Waals surface area contributed by atoms with Crippen LogP contribution in [0.15, 0.2) is 22.8 Å². The van der Waals surface area contributed by atoms with Crippen molar-refractivity contribution in [2.24, 2.45) is 0 Å². The first-order valence-electron chi connectivity index (χ1n) is 6.24. The van der Waals surface area contributed by atoms with E-state index in [9.17, 15) is 4.79 Å². The summed E-state index contributed by atoms with van der Waals surface area (Å²) in [5.74, 6) is 1.02. The van der Waals surface area contributed by atoms with Gasteiger partial charge in [0, 0.05) is 19.1 Å². The zero-order valence-corrected chi connectivity index (χ0v) is 9.97. The number of rotatable bonds is 7. The number of carbonyl (C=O) groups is 1. The lowest BCUT2D eigenvalue weighted by Crippen LogP contribution is -2.32. The van der Waals surface area contributed by atoms with Crippen LogP contribution in [0.3, 0.4) is 0 Å². The average molecular weight is 237 g/mol. The lowest BCUT2D eigenvalue weighted by atomic mass is 10.2. The molecule has 94 valence electrons. The van der Waals surface area contributed by atoms with Gasteiger partial charge in [0.15, 0.2) is 0 Å². The molecule has 0 atom stereocenters. The number of aliphatic hydroxyl groups is 1. The molecule has 1 amide bonds. The maximum atomic E-state index is 12.0. The summed E-state index contributed by atoms with van der Waals surface area (Å²) in [7, 11) is 0. The van der Waals surface area contributed by atoms with Crippen LogP contribution in [0.5, 0.6) is 0 Å². The van der Waals surface area contributed by atoms with Gasteiger partial charge in [-0.25, -0.2) is 0 Å². The van der Waals surface area contributed by atoms with Crippen molar-refractivity contribution >= 4 is 5.91 Å². The summed E-state index contributed by atoms with van der Waals surface area (Å²) < 4.78 is 5.28. The minimum atomic E-state index is 0.162. The topological polar surface area (TPSA) is 53.7 Å². The van der Waals surface area contributed by atoms with Gasteiger partial charge in [0.2, 0.25) is 5.91 Å². The van der Waals surface area contributed by atoms with E-state index < -0.39 is 0 Å². The van der Waals surface area contributed by atoms with Gasteiger partial charge >= 0.3 is 0 Å². The molecular weight excluding hydrogens is 218 g/mol. The Hall–Kier alpha value is -1.29. The second-order valence-corrected chi connectivity index (χ2v) is 4.51. The molecule has 2 rings (SSSR count). The van der Waals surface area contributed by atoms with Crippen molar-refractivity contribution in [3.05, 3.63) is 24.2 Å². The van der Waals surface area contributed by atoms with Gasteiger partial charge in [0.1, 0.15) is 5.76 Å². The Morgan fingerprint density at radius 3 is 2.88 bits per heavy atom. The van der Waals surface area contributed by atoms with Gasteiger partial charge in [-0.1, -0.05) is 0 Å². The number of hydrogen-bond donors (Lipinski definition) is 1. The van der Waals surface area contributed by atoms with Crippen molar-refractivity contribution in [1.29, 1.82) is 0 Å². The molecule has 0 saturated heterocycles. The molecule has 0 spiro atoms. The van der Waals surface area contributed by atoms with Crippen LogP contribution < -0.4 is 0 Å². The van der Waals surface area contributed by atoms with E-state index in [0.29, 0.717) is 25.4 Å². The number of unbranched alkanes of at least 4 members (excludes halogenated alkanes) is 1. The molecular formula is C13H19NO3. The number of amides is 1. The van der Waals surface area contributed by atoms with Crippen LogP contribution >= 0.6 is 0 Å². The van der Waals surface area contributed by atoms with Gasteiger partial charge in [-0.3, -0.25) is 4.79 Å². The third-order valence-electron chi connectivity index (χ3n) is 3.01. The van der Waals surface area contributed by atoms with Crippen molar-refractivity contribution in [3.63, 3.8) is 0 Å². The normalized spacial score (nSPS) is 14.9. The van der Waals surface area contributed by atoms with Crippen molar-refractivity contribution in [3.8, 4) is 0 Å². The fourth-order valence-corrected chi connectivity index (χ4v) is 1.91. The highest BCUT2D eigenvalue weighted by Crippen LogP contribution is 2.29. The Balaban J connectivity index is 1.86. The predicted octanol–water partition coefficient (Wildman–Crippen LogP) is 1.93. The Morgan fingerprint density at radius 2 is 2.29 bits per heavy atom. The van der Waals surface area contributed by atoms with E-state index in [1.807, 2.05) is 17.0 Å². The Morgan fingerprint density at radius 1 is 1.47 bits per heavy atom. The molecule has 0 radical (unpaired) electrons. The highest BCUT2D eigenvalue weighted by atomic mass is 16.3. The molecule has 0 aliphatic heterocycles. The van der Waals surface area contributed by atoms with Crippen LogP contribution in [0.2, 0.25) is 0 Å². The Kier molecular flexibility index (Phi) is 4.20. The maximum absolute atomic E-state index is 12.0. The molecule has 1 aromatic heterocycles. The summed E-state index contributed by atoms with van der Waals surface area (Å²) in [5, 5.41) is 8.71. The molecule has 17 heavy (non-hydrogen) atoms. The Bertz CT molecular complexity index is 344. The summed E-state index contributed by atoms with van der Waals surface area (Å²) in [5.41, 5.74) is 0. The summed E-state index contributed by atoms with van der Waals surface area (Å²) >= 11 is 0. The molecule has 1 aliphatic rings. The number of hydrogen-bond acceptors (Lipinski definition) is 3. The fourth-order valence-electron chi connectivity index (χ4n) is 1.91. The zero-order valence-electron chi connectivity index (χ0n) is 9.97. The highest BCUT2D eigenvalue weighted by Gasteiger charge is 2.32. The Labute approximate surface area is 101 Å². The molecule has 1 N–H and O–H groups in total. The van der Waals surface area contributed by atoms with Gasteiger partial charge in [0.05, 0.1) is 12.8 Å². The van der Waals surface area contributed by atoms with Gasteiger partial charge in [0.25, 0.3) is 0 Å². The second-order valence-electron chi connectivity index (χ2n) is 4.51. The third-order valence-corrected chi connectivity index (χ3v) is 3.01. The molecule has 4 nitrogen and oxygen atoms in total. The summed E-state index contributed by atoms with van der Waals surface area (Å²) in [6, 6.07) is 4.15. The maximum Gasteiger partial charge on any atom is 0.223 e. The standard InChI is InChI=1S/C13H19NO3/c15-8-2-1-5-13(16)14(11-6-7-11)10-12-4-3-9-17-12/h3-4,9,11,15H,1-2,5-8,10H2. The zero-order chi connectivity index (χ0) is 12.1. The predicted molar refractivity (Wildman–Crippen MR) is 63.2 cm³/mol. The number of carbonyl (C=O) groups excluding carboxylic acids is 1. The van der Waals surface area contributed by atoms with E-state index in [0.717, 1.165) is 25.0 Å². The molecule has 1 saturated carbocycles. The molecule has 1 heterocycles. The van der Waals surface area contributed by atoms with Crippen LogP contribution in [0, 0.1) is 0 Å². The van der Waals surface area contributed by atoms with Crippen LogP contribution in [0.1, 0.15) is 37.9 Å². The van der Waals surface area contributed by atoms with E-state index in [2.05, 4.69) is 0 Å². The molecule has 0 aromatic carbocycles. The summed E-state index contributed by atoms with van der Waals surface area (Å²) in [6.07, 6.45) is 5.83. The third kappa shape index (κ3) is 3.60. The highest BCUT2D eigenvalue weighted by molar-refractivity contribution is 5.76. The van der Waals surface area contributed by atoms with Crippen LogP contribution in [0.4, 0.5) is 0 Å². The molecule has 1 aromatic rings. The number of furan rings is 1. The van der Waals surface area contributed by atoms with E-state index in [4.69, 9.17) is 9.52 Å². The van der Waals surface area contributed by atoms with Gasteiger partial charge in [-0.15, -0.1) is 0 Å². The van der Waals surface area contributed by atoms with Crippen LogP contribution in [-0.4, -0.2) is 28.6 Å². The molecule has 0 unspecified atom stereocenters. The van der Waals surface area contributed by atoms with Crippen molar-refractivity contribution < 1.29 is 14.3 Å². The van der Waals surface area contributed by atoms with E-state index in [1.165, 1.54) is 0 Å². The van der Waals surface area contributed by atoms with E-state index in [1.54, 1.807) is 6.26 Å². The quantitative estimate of drug-likeness (QED) is 0.737. The molecule has 0 bridgehead atoms. The molecule has 1 aliphatic carbocycles. The SMILES string of the molecule is O=C(CCCCO)N(Cc1ccco1)C1CC1. The fraction of sp³-hybridized carbons (Fsp3) is 0.615. The number of nitrogens with zero attached hydrogens (tertiary/aromatic N) is 1. The van der Waals surface area contributed by atoms with Gasteiger partial charge in [-0.05, 0) is 37.8 Å². The minimum absolute atomic E-state index is 0.162. The van der Waals surface area contributed by atoms with Crippen molar-refractivity contribution in [2.45, 2.75) is 44.7 Å². The molecule has 4 heteroatoms. The number of aliphatic hydroxyl groups excluding tert-OH is 1. The first-order chi connectivity index (χ1) is 8.31. The minimum Gasteiger partial charge on any atom is -0.467 e. The van der Waals surface area contributed by atoms with Crippen LogP contribution in [-0.2, 0) is 11.3 Å². The van der Waals surface area contributed by atoms with Gasteiger partial charge < -0.3 is 14.4 Å². The van der Waals surface area contributed by atoms with Crippen LogP contribution in [0.25, 0.3) is 0 Å².